The Bertz CT molecular complexity index is 888. The Morgan fingerprint density at radius 3 is 2.79 bits per heavy atom. The molecule has 1 saturated heterocycles. The summed E-state index contributed by atoms with van der Waals surface area (Å²) < 4.78 is 42.7. The minimum Gasteiger partial charge on any atom is -0.452 e. The smallest absolute Gasteiger partial charge is 0.338 e. The highest BCUT2D eigenvalue weighted by atomic mass is 32.2. The van der Waals surface area contributed by atoms with Crippen molar-refractivity contribution in [2.75, 3.05) is 13.2 Å². The fraction of sp³-hybridized carbons (Fsp3) is 0.500. The van der Waals surface area contributed by atoms with Crippen LogP contribution in [-0.2, 0) is 32.5 Å². The minimum absolute atomic E-state index is 0.0724. The maximum Gasteiger partial charge on any atom is 0.338 e. The number of aryl methyl sites for hydroxylation is 1. The van der Waals surface area contributed by atoms with Gasteiger partial charge in [-0.1, -0.05) is 12.1 Å². The summed E-state index contributed by atoms with van der Waals surface area (Å²) >= 11 is 0. The van der Waals surface area contributed by atoms with E-state index in [1.807, 2.05) is 6.92 Å². The number of benzene rings is 1. The van der Waals surface area contributed by atoms with Crippen molar-refractivity contribution in [2.45, 2.75) is 50.2 Å². The molecule has 0 aliphatic carbocycles. The van der Waals surface area contributed by atoms with Crippen molar-refractivity contribution >= 4 is 16.0 Å². The summed E-state index contributed by atoms with van der Waals surface area (Å²) in [5.41, 5.74) is 0.228. The molecule has 1 unspecified atom stereocenters. The van der Waals surface area contributed by atoms with Gasteiger partial charge in [-0.05, 0) is 43.5 Å². The number of hydrogen-bond acceptors (Lipinski definition) is 8. The molecule has 0 amide bonds. The lowest BCUT2D eigenvalue weighted by molar-refractivity contribution is 0.0429. The number of nitrogens with zero attached hydrogens (tertiary/aromatic N) is 2. The first-order valence-electron chi connectivity index (χ1n) is 9.18. The van der Waals surface area contributed by atoms with E-state index in [2.05, 4.69) is 14.9 Å². The maximum atomic E-state index is 12.3. The van der Waals surface area contributed by atoms with Gasteiger partial charge in [-0.25, -0.2) is 17.9 Å². The lowest BCUT2D eigenvalue weighted by Gasteiger charge is -2.11. The van der Waals surface area contributed by atoms with Gasteiger partial charge in [0.25, 0.3) is 5.89 Å². The molecule has 1 aliphatic heterocycles. The van der Waals surface area contributed by atoms with Gasteiger partial charge in [0.05, 0.1) is 16.6 Å². The van der Waals surface area contributed by atoms with Crippen LogP contribution in [0.25, 0.3) is 0 Å². The first kappa shape index (κ1) is 20.4. The molecule has 0 bridgehead atoms. The molecule has 2 aromatic rings. The van der Waals surface area contributed by atoms with Crippen molar-refractivity contribution in [3.63, 3.8) is 0 Å². The monoisotopic (exact) mass is 409 g/mol. The molecule has 1 aliphatic rings. The molecule has 152 valence electrons. The van der Waals surface area contributed by atoms with Gasteiger partial charge < -0.3 is 14.0 Å². The van der Waals surface area contributed by atoms with E-state index in [1.165, 1.54) is 24.3 Å². The van der Waals surface area contributed by atoms with Gasteiger partial charge in [-0.15, -0.1) is 0 Å². The molecular formula is C18H23N3O6S. The third-order valence-corrected chi connectivity index (χ3v) is 5.68. The summed E-state index contributed by atoms with van der Waals surface area (Å²) in [5, 5.41) is 3.78. The molecule has 1 aromatic heterocycles. The van der Waals surface area contributed by atoms with Gasteiger partial charge in [0, 0.05) is 19.6 Å². The lowest BCUT2D eigenvalue weighted by atomic mass is 10.2. The molecule has 0 radical (unpaired) electrons. The van der Waals surface area contributed by atoms with E-state index < -0.39 is 16.0 Å². The molecule has 1 aromatic carbocycles. The van der Waals surface area contributed by atoms with Gasteiger partial charge in [0.15, 0.2) is 12.4 Å². The second kappa shape index (κ2) is 9.26. The van der Waals surface area contributed by atoms with Crippen molar-refractivity contribution in [3.05, 3.63) is 41.5 Å². The number of nitrogens with one attached hydrogen (secondary N) is 1. The standard InChI is InChI=1S/C18H23N3O6S/c1-2-4-16-20-17(27-21-16)12-26-18(22)13-6-8-15(9-7-13)28(23,24)19-11-14-5-3-10-25-14/h6-9,14,19H,2-5,10-12H2,1H3. The highest BCUT2D eigenvalue weighted by Crippen LogP contribution is 2.15. The summed E-state index contributed by atoms with van der Waals surface area (Å²) in [4.78, 5) is 16.3. The molecule has 0 saturated carbocycles. The normalized spacial score (nSPS) is 17.0. The number of carbonyl (C=O) groups is 1. The molecule has 0 spiro atoms. The van der Waals surface area contributed by atoms with Crippen LogP contribution in [-0.4, -0.2) is 43.8 Å². The molecule has 1 fully saturated rings. The second-order valence-corrected chi connectivity index (χ2v) is 8.21. The summed E-state index contributed by atoms with van der Waals surface area (Å²) in [7, 11) is -3.66. The summed E-state index contributed by atoms with van der Waals surface area (Å²) in [6.07, 6.45) is 3.26. The topological polar surface area (TPSA) is 121 Å². The predicted octanol–water partition coefficient (Wildman–Crippen LogP) is 1.84. The van der Waals surface area contributed by atoms with E-state index in [0.717, 1.165) is 19.3 Å². The van der Waals surface area contributed by atoms with Gasteiger partial charge in [0.2, 0.25) is 10.0 Å². The summed E-state index contributed by atoms with van der Waals surface area (Å²) in [5.74, 6) is 0.180. The van der Waals surface area contributed by atoms with Gasteiger partial charge in [-0.3, -0.25) is 0 Å². The van der Waals surface area contributed by atoms with Crippen LogP contribution in [0.4, 0.5) is 0 Å². The summed E-state index contributed by atoms with van der Waals surface area (Å²) in [6.45, 7) is 2.75. The number of aromatic nitrogens is 2. The van der Waals surface area contributed by atoms with E-state index >= 15 is 0 Å². The van der Waals surface area contributed by atoms with Crippen LogP contribution in [0.2, 0.25) is 0 Å². The Morgan fingerprint density at radius 2 is 2.11 bits per heavy atom. The zero-order chi connectivity index (χ0) is 20.0. The zero-order valence-electron chi connectivity index (χ0n) is 15.6. The van der Waals surface area contributed by atoms with Crippen molar-refractivity contribution in [1.29, 1.82) is 0 Å². The number of sulfonamides is 1. The van der Waals surface area contributed by atoms with Crippen molar-refractivity contribution in [2.24, 2.45) is 0 Å². The number of rotatable bonds is 9. The fourth-order valence-electron chi connectivity index (χ4n) is 2.75. The van der Waals surface area contributed by atoms with E-state index in [-0.39, 0.29) is 35.6 Å². The fourth-order valence-corrected chi connectivity index (χ4v) is 3.81. The Kier molecular flexibility index (Phi) is 6.76. The quantitative estimate of drug-likeness (QED) is 0.623. The SMILES string of the molecule is CCCc1noc(COC(=O)c2ccc(S(=O)(=O)NCC3CCCO3)cc2)n1. The minimum atomic E-state index is -3.66. The van der Waals surface area contributed by atoms with Crippen molar-refractivity contribution in [1.82, 2.24) is 14.9 Å². The Balaban J connectivity index is 1.54. The zero-order valence-corrected chi connectivity index (χ0v) is 16.4. The molecule has 10 heteroatoms. The number of carbonyl (C=O) groups excluding carboxylic acids is 1. The third-order valence-electron chi connectivity index (χ3n) is 4.24. The van der Waals surface area contributed by atoms with Crippen LogP contribution in [0, 0.1) is 0 Å². The first-order valence-corrected chi connectivity index (χ1v) is 10.7. The van der Waals surface area contributed by atoms with Gasteiger partial charge >= 0.3 is 5.97 Å². The summed E-state index contributed by atoms with van der Waals surface area (Å²) in [6, 6.07) is 5.53. The number of ether oxygens (including phenoxy) is 2. The van der Waals surface area contributed by atoms with E-state index in [0.29, 0.717) is 18.9 Å². The number of esters is 1. The van der Waals surface area contributed by atoms with Gasteiger partial charge in [0.1, 0.15) is 0 Å². The molecule has 28 heavy (non-hydrogen) atoms. The largest absolute Gasteiger partial charge is 0.452 e. The van der Waals surface area contributed by atoms with Crippen LogP contribution in [0.3, 0.4) is 0 Å². The highest BCUT2D eigenvalue weighted by molar-refractivity contribution is 7.89. The van der Waals surface area contributed by atoms with Gasteiger partial charge in [-0.2, -0.15) is 4.98 Å². The van der Waals surface area contributed by atoms with E-state index in [9.17, 15) is 13.2 Å². The van der Waals surface area contributed by atoms with Crippen LogP contribution in [0.5, 0.6) is 0 Å². The predicted molar refractivity (Wildman–Crippen MR) is 98.0 cm³/mol. The number of hydrogen-bond donors (Lipinski definition) is 1. The molecule has 1 N–H and O–H groups in total. The van der Waals surface area contributed by atoms with Crippen LogP contribution < -0.4 is 4.72 Å². The Hall–Kier alpha value is -2.30. The molecule has 9 nitrogen and oxygen atoms in total. The first-order chi connectivity index (χ1) is 13.5. The average Bonchev–Trinajstić information content (AvgIpc) is 3.37. The van der Waals surface area contributed by atoms with Crippen LogP contribution >= 0.6 is 0 Å². The molecule has 2 heterocycles. The lowest BCUT2D eigenvalue weighted by Crippen LogP contribution is -2.31. The molecule has 3 rings (SSSR count). The second-order valence-electron chi connectivity index (χ2n) is 6.44. The highest BCUT2D eigenvalue weighted by Gasteiger charge is 2.20. The van der Waals surface area contributed by atoms with E-state index in [1.54, 1.807) is 0 Å². The Morgan fingerprint density at radius 1 is 1.32 bits per heavy atom. The Labute approximate surface area is 163 Å². The van der Waals surface area contributed by atoms with Crippen LogP contribution in [0.15, 0.2) is 33.7 Å². The molecular weight excluding hydrogens is 386 g/mol. The van der Waals surface area contributed by atoms with Crippen molar-refractivity contribution in [3.8, 4) is 0 Å². The van der Waals surface area contributed by atoms with Crippen LogP contribution in [0.1, 0.15) is 48.3 Å². The average molecular weight is 409 g/mol. The van der Waals surface area contributed by atoms with E-state index in [4.69, 9.17) is 14.0 Å². The van der Waals surface area contributed by atoms with Crippen molar-refractivity contribution < 1.29 is 27.2 Å². The molecule has 1 atom stereocenters. The third kappa shape index (κ3) is 5.37. The maximum absolute atomic E-state index is 12.3.